The molecular formula is C28H29F3N6O2S. The van der Waals surface area contributed by atoms with E-state index in [0.717, 1.165) is 41.1 Å². The summed E-state index contributed by atoms with van der Waals surface area (Å²) in [7, 11) is 0. The number of benzene rings is 1. The van der Waals surface area contributed by atoms with Crippen molar-refractivity contribution in [3.63, 3.8) is 0 Å². The number of rotatable bonds is 5. The second-order valence-electron chi connectivity index (χ2n) is 10.5. The third-order valence-corrected chi connectivity index (χ3v) is 8.80. The van der Waals surface area contributed by atoms with E-state index >= 15 is 0 Å². The first-order chi connectivity index (χ1) is 19.1. The van der Waals surface area contributed by atoms with Gasteiger partial charge in [-0.1, -0.05) is 6.07 Å². The van der Waals surface area contributed by atoms with Crippen molar-refractivity contribution in [1.29, 1.82) is 5.26 Å². The number of thiazole rings is 1. The molecule has 0 bridgehead atoms. The van der Waals surface area contributed by atoms with Crippen molar-refractivity contribution in [2.75, 3.05) is 11.9 Å². The van der Waals surface area contributed by atoms with Gasteiger partial charge in [-0.15, -0.1) is 11.3 Å². The number of hydrogen-bond acceptors (Lipinski definition) is 8. The zero-order valence-electron chi connectivity index (χ0n) is 21.9. The lowest BCUT2D eigenvalue weighted by Gasteiger charge is -2.38. The maximum Gasteiger partial charge on any atom is 0.433 e. The van der Waals surface area contributed by atoms with Crippen molar-refractivity contribution < 1.29 is 23.1 Å². The van der Waals surface area contributed by atoms with E-state index < -0.39 is 17.5 Å². The number of anilines is 2. The minimum atomic E-state index is -4.57. The fourth-order valence-electron chi connectivity index (χ4n) is 5.45. The number of aryl methyl sites for hydroxylation is 1. The highest BCUT2D eigenvalue weighted by Gasteiger charge is 2.41. The normalized spacial score (nSPS) is 23.4. The number of halogens is 3. The Morgan fingerprint density at radius 2 is 1.98 bits per heavy atom. The minimum Gasteiger partial charge on any atom is -0.383 e. The van der Waals surface area contributed by atoms with Crippen LogP contribution in [-0.4, -0.2) is 43.5 Å². The third-order valence-electron chi connectivity index (χ3n) is 7.56. The van der Waals surface area contributed by atoms with Gasteiger partial charge in [0.05, 0.1) is 10.9 Å². The highest BCUT2D eigenvalue weighted by atomic mass is 32.1. The van der Waals surface area contributed by atoms with Crippen molar-refractivity contribution in [1.82, 2.24) is 19.9 Å². The molecule has 1 saturated carbocycles. The van der Waals surface area contributed by atoms with Crippen LogP contribution in [0.15, 0.2) is 36.7 Å². The lowest BCUT2D eigenvalue weighted by molar-refractivity contribution is -0.142. The van der Waals surface area contributed by atoms with Gasteiger partial charge in [0, 0.05) is 30.5 Å². The first-order valence-electron chi connectivity index (χ1n) is 13.2. The van der Waals surface area contributed by atoms with Gasteiger partial charge >= 0.3 is 6.18 Å². The Kier molecular flexibility index (Phi) is 7.79. The molecule has 1 atom stereocenters. The van der Waals surface area contributed by atoms with Gasteiger partial charge in [-0.3, -0.25) is 4.79 Å². The topological polar surface area (TPSA) is 115 Å². The average molecular weight is 571 g/mol. The summed E-state index contributed by atoms with van der Waals surface area (Å²) in [5, 5.41) is 24.3. The number of carbonyl (C=O) groups is 1. The molecule has 1 aromatic carbocycles. The first-order valence-corrected chi connectivity index (χ1v) is 14.1. The molecule has 1 saturated heterocycles. The van der Waals surface area contributed by atoms with Crippen molar-refractivity contribution in [3.8, 4) is 16.5 Å². The smallest absolute Gasteiger partial charge is 0.383 e. The number of nitrogens with one attached hydrogen (secondary N) is 1. The lowest BCUT2D eigenvalue weighted by Crippen LogP contribution is -2.47. The Bertz CT molecular complexity index is 1430. The van der Waals surface area contributed by atoms with E-state index in [1.807, 2.05) is 13.0 Å². The molecule has 3 aromatic rings. The molecular weight excluding hydrogens is 541 g/mol. The molecule has 12 heteroatoms. The molecule has 1 unspecified atom stereocenters. The van der Waals surface area contributed by atoms with Gasteiger partial charge < -0.3 is 15.3 Å². The summed E-state index contributed by atoms with van der Waals surface area (Å²) in [6, 6.07) is 8.19. The fraction of sp³-hybridized carbons (Fsp3) is 0.464. The molecule has 0 spiro atoms. The number of aliphatic hydroxyl groups is 1. The molecule has 3 heterocycles. The number of nitrogens with zero attached hydrogens (tertiary/aromatic N) is 5. The summed E-state index contributed by atoms with van der Waals surface area (Å²) in [6.45, 7) is 2.48. The van der Waals surface area contributed by atoms with E-state index in [1.54, 1.807) is 23.2 Å². The summed E-state index contributed by atoms with van der Waals surface area (Å²) < 4.78 is 39.1. The van der Waals surface area contributed by atoms with Crippen LogP contribution >= 0.6 is 11.3 Å². The van der Waals surface area contributed by atoms with E-state index in [9.17, 15) is 28.3 Å². The number of likely N-dealkylation sites (tertiary alicyclic amines) is 1. The molecule has 210 valence electrons. The lowest BCUT2D eigenvalue weighted by atomic mass is 9.78. The van der Waals surface area contributed by atoms with Gasteiger partial charge in [0.1, 0.15) is 22.3 Å². The largest absolute Gasteiger partial charge is 0.433 e. The van der Waals surface area contributed by atoms with Crippen LogP contribution < -0.4 is 5.32 Å². The van der Waals surface area contributed by atoms with Crippen molar-refractivity contribution in [2.24, 2.45) is 5.92 Å². The SMILES string of the molecule is Cc1cc(Nc2nccc(C(F)(F)F)n2)cc(-c2cnc(C3(O)CCC(C(=O)N4CCCCC4C#N)CC3)s2)c1. The zero-order valence-corrected chi connectivity index (χ0v) is 22.7. The van der Waals surface area contributed by atoms with Crippen LogP contribution in [0.1, 0.15) is 61.2 Å². The van der Waals surface area contributed by atoms with Crippen LogP contribution in [0.2, 0.25) is 0 Å². The second-order valence-corrected chi connectivity index (χ2v) is 11.5. The molecule has 1 aliphatic carbocycles. The Morgan fingerprint density at radius 1 is 1.20 bits per heavy atom. The van der Waals surface area contributed by atoms with Crippen molar-refractivity contribution in [2.45, 2.75) is 69.7 Å². The molecule has 2 aliphatic rings. The highest BCUT2D eigenvalue weighted by molar-refractivity contribution is 7.15. The summed E-state index contributed by atoms with van der Waals surface area (Å²) in [5.74, 6) is -0.363. The Labute approximate surface area is 233 Å². The average Bonchev–Trinajstić information content (AvgIpc) is 3.44. The number of piperidine rings is 1. The van der Waals surface area contributed by atoms with Crippen LogP contribution in [0.3, 0.4) is 0 Å². The second kappa shape index (κ2) is 11.1. The van der Waals surface area contributed by atoms with Gasteiger partial charge in [-0.25, -0.2) is 15.0 Å². The zero-order chi connectivity index (χ0) is 28.5. The van der Waals surface area contributed by atoms with Gasteiger partial charge in [0.2, 0.25) is 11.9 Å². The minimum absolute atomic E-state index is 0.0117. The molecule has 5 rings (SSSR count). The van der Waals surface area contributed by atoms with E-state index in [1.165, 1.54) is 11.3 Å². The van der Waals surface area contributed by atoms with E-state index in [-0.39, 0.29) is 23.8 Å². The third kappa shape index (κ3) is 5.95. The summed E-state index contributed by atoms with van der Waals surface area (Å²) in [5.41, 5.74) is 0.00437. The van der Waals surface area contributed by atoms with Gasteiger partial charge in [0.25, 0.3) is 0 Å². The van der Waals surface area contributed by atoms with Gasteiger partial charge in [-0.2, -0.15) is 18.4 Å². The Hall–Kier alpha value is -3.56. The van der Waals surface area contributed by atoms with Crippen LogP contribution in [0.4, 0.5) is 24.8 Å². The number of carbonyl (C=O) groups excluding carboxylic acids is 1. The number of alkyl halides is 3. The number of amides is 1. The first kappa shape index (κ1) is 28.0. The van der Waals surface area contributed by atoms with Crippen LogP contribution in [0, 0.1) is 24.2 Å². The van der Waals surface area contributed by atoms with Crippen molar-refractivity contribution in [3.05, 3.63) is 52.9 Å². The maximum atomic E-state index is 13.1. The molecule has 2 aromatic heterocycles. The van der Waals surface area contributed by atoms with E-state index in [4.69, 9.17) is 0 Å². The quantitative estimate of drug-likeness (QED) is 0.389. The van der Waals surface area contributed by atoms with Gasteiger partial charge in [0.15, 0.2) is 0 Å². The summed E-state index contributed by atoms with van der Waals surface area (Å²) in [4.78, 5) is 27.6. The molecule has 2 fully saturated rings. The predicted octanol–water partition coefficient (Wildman–Crippen LogP) is 5.95. The van der Waals surface area contributed by atoms with Crippen LogP contribution in [-0.2, 0) is 16.6 Å². The van der Waals surface area contributed by atoms with Crippen LogP contribution in [0.25, 0.3) is 10.4 Å². The Balaban J connectivity index is 1.28. The molecule has 0 radical (unpaired) electrons. The molecule has 8 nitrogen and oxygen atoms in total. The monoisotopic (exact) mass is 570 g/mol. The molecule has 40 heavy (non-hydrogen) atoms. The maximum absolute atomic E-state index is 13.1. The number of aromatic nitrogens is 3. The standard InChI is InChI=1S/C28H29F3N6O2S/c1-17-12-19(14-20(13-17)35-26-33-10-7-23(36-26)28(29,30)31)22-16-34-25(40-22)27(39)8-5-18(6-9-27)24(38)37-11-3-2-4-21(37)15-32/h7,10,12-14,16,18,21,39H,2-6,8-9,11H2,1H3,(H,33,35,36). The molecule has 1 aliphatic heterocycles. The molecule has 1 amide bonds. The van der Waals surface area contributed by atoms with E-state index in [0.29, 0.717) is 49.3 Å². The summed E-state index contributed by atoms with van der Waals surface area (Å²) >= 11 is 1.36. The van der Waals surface area contributed by atoms with E-state index in [2.05, 4.69) is 26.3 Å². The van der Waals surface area contributed by atoms with Crippen LogP contribution in [0.5, 0.6) is 0 Å². The molecule has 2 N–H and O–H groups in total. The number of nitriles is 1. The van der Waals surface area contributed by atoms with Gasteiger partial charge in [-0.05, 0) is 81.2 Å². The van der Waals surface area contributed by atoms with Crippen molar-refractivity contribution >= 4 is 28.9 Å². The fourth-order valence-corrected chi connectivity index (χ4v) is 6.50. The number of hydrogen-bond donors (Lipinski definition) is 2. The summed E-state index contributed by atoms with van der Waals surface area (Å²) in [6.07, 6.45) is 2.58. The highest BCUT2D eigenvalue weighted by Crippen LogP contribution is 2.43. The predicted molar refractivity (Wildman–Crippen MR) is 143 cm³/mol. The Morgan fingerprint density at radius 3 is 2.70 bits per heavy atom.